The number of hydrogen-bond acceptors (Lipinski definition) is 4. The van der Waals surface area contributed by atoms with Crippen molar-refractivity contribution in [2.24, 2.45) is 5.73 Å². The van der Waals surface area contributed by atoms with E-state index >= 15 is 0 Å². The molecule has 0 amide bonds. The van der Waals surface area contributed by atoms with Gasteiger partial charge in [0.1, 0.15) is 11.5 Å². The SMILES string of the molecule is NCCNCc1cc(O)cc(O)c1. The minimum atomic E-state index is 0.0737. The number of hydrogen-bond donors (Lipinski definition) is 4. The third-order valence-corrected chi connectivity index (χ3v) is 1.61. The molecule has 0 radical (unpaired) electrons. The second-order valence-corrected chi connectivity index (χ2v) is 2.82. The van der Waals surface area contributed by atoms with Crippen molar-refractivity contribution in [3.05, 3.63) is 23.8 Å². The average Bonchev–Trinajstić information content (AvgIpc) is 2.03. The fraction of sp³-hybridized carbons (Fsp3) is 0.333. The van der Waals surface area contributed by atoms with Gasteiger partial charge in [0, 0.05) is 25.7 Å². The van der Waals surface area contributed by atoms with Crippen molar-refractivity contribution in [2.75, 3.05) is 13.1 Å². The van der Waals surface area contributed by atoms with Gasteiger partial charge >= 0.3 is 0 Å². The second-order valence-electron chi connectivity index (χ2n) is 2.82. The van der Waals surface area contributed by atoms with E-state index in [4.69, 9.17) is 15.9 Å². The fourth-order valence-electron chi connectivity index (χ4n) is 1.09. The Morgan fingerprint density at radius 1 is 1.15 bits per heavy atom. The molecule has 0 aliphatic carbocycles. The number of phenols is 2. The molecule has 0 aliphatic heterocycles. The van der Waals surface area contributed by atoms with Gasteiger partial charge in [-0.25, -0.2) is 0 Å². The third kappa shape index (κ3) is 3.31. The van der Waals surface area contributed by atoms with Gasteiger partial charge in [-0.1, -0.05) is 0 Å². The van der Waals surface area contributed by atoms with Crippen LogP contribution in [-0.2, 0) is 6.54 Å². The molecule has 0 atom stereocenters. The van der Waals surface area contributed by atoms with Crippen LogP contribution in [0.2, 0.25) is 0 Å². The Bertz CT molecular complexity index is 256. The van der Waals surface area contributed by atoms with Crippen molar-refractivity contribution < 1.29 is 10.2 Å². The maximum absolute atomic E-state index is 9.14. The first kappa shape index (κ1) is 9.83. The zero-order valence-electron chi connectivity index (χ0n) is 7.33. The van der Waals surface area contributed by atoms with Gasteiger partial charge in [-0.05, 0) is 17.7 Å². The predicted molar refractivity (Wildman–Crippen MR) is 50.5 cm³/mol. The molecule has 72 valence electrons. The smallest absolute Gasteiger partial charge is 0.119 e. The van der Waals surface area contributed by atoms with Gasteiger partial charge in [-0.2, -0.15) is 0 Å². The largest absolute Gasteiger partial charge is 0.508 e. The lowest BCUT2D eigenvalue weighted by atomic mass is 10.2. The highest BCUT2D eigenvalue weighted by Crippen LogP contribution is 2.19. The zero-order chi connectivity index (χ0) is 9.68. The van der Waals surface area contributed by atoms with Crippen molar-refractivity contribution >= 4 is 0 Å². The first-order valence-electron chi connectivity index (χ1n) is 4.15. The Labute approximate surface area is 77.0 Å². The summed E-state index contributed by atoms with van der Waals surface area (Å²) in [7, 11) is 0. The molecule has 1 rings (SSSR count). The van der Waals surface area contributed by atoms with Crippen molar-refractivity contribution in [3.63, 3.8) is 0 Å². The number of nitrogens with one attached hydrogen (secondary N) is 1. The molecule has 0 unspecified atom stereocenters. The van der Waals surface area contributed by atoms with E-state index < -0.39 is 0 Å². The Balaban J connectivity index is 2.56. The van der Waals surface area contributed by atoms with Crippen LogP contribution in [0.3, 0.4) is 0 Å². The Morgan fingerprint density at radius 2 is 1.77 bits per heavy atom. The highest BCUT2D eigenvalue weighted by molar-refractivity contribution is 5.36. The van der Waals surface area contributed by atoms with Crippen LogP contribution in [0.4, 0.5) is 0 Å². The van der Waals surface area contributed by atoms with Gasteiger partial charge in [0.05, 0.1) is 0 Å². The lowest BCUT2D eigenvalue weighted by Gasteiger charge is -2.04. The van der Waals surface area contributed by atoms with Crippen LogP contribution in [0.5, 0.6) is 11.5 Å². The van der Waals surface area contributed by atoms with Crippen molar-refractivity contribution in [1.82, 2.24) is 5.32 Å². The van der Waals surface area contributed by atoms with Gasteiger partial charge in [0.25, 0.3) is 0 Å². The van der Waals surface area contributed by atoms with Crippen LogP contribution in [0.25, 0.3) is 0 Å². The third-order valence-electron chi connectivity index (χ3n) is 1.61. The monoisotopic (exact) mass is 182 g/mol. The molecule has 0 bridgehead atoms. The average molecular weight is 182 g/mol. The van der Waals surface area contributed by atoms with Crippen molar-refractivity contribution in [3.8, 4) is 11.5 Å². The van der Waals surface area contributed by atoms with Crippen molar-refractivity contribution in [1.29, 1.82) is 0 Å². The standard InChI is InChI=1S/C9H14N2O2/c10-1-2-11-6-7-3-8(12)5-9(13)4-7/h3-5,11-13H,1-2,6,10H2. The Kier molecular flexibility index (Phi) is 3.54. The summed E-state index contributed by atoms with van der Waals surface area (Å²) in [4.78, 5) is 0. The number of rotatable bonds is 4. The molecule has 0 saturated heterocycles. The summed E-state index contributed by atoms with van der Waals surface area (Å²) in [6.45, 7) is 1.89. The van der Waals surface area contributed by atoms with Gasteiger partial charge in [-0.15, -0.1) is 0 Å². The summed E-state index contributed by atoms with van der Waals surface area (Å²) in [5.41, 5.74) is 6.13. The molecule has 5 N–H and O–H groups in total. The van der Waals surface area contributed by atoms with E-state index in [-0.39, 0.29) is 11.5 Å². The van der Waals surface area contributed by atoms with E-state index in [0.717, 1.165) is 12.1 Å². The summed E-state index contributed by atoms with van der Waals surface area (Å²) in [5, 5.41) is 21.3. The van der Waals surface area contributed by atoms with Crippen LogP contribution in [-0.4, -0.2) is 23.3 Å². The van der Waals surface area contributed by atoms with Gasteiger partial charge in [-0.3, -0.25) is 0 Å². The van der Waals surface area contributed by atoms with Crippen LogP contribution < -0.4 is 11.1 Å². The lowest BCUT2D eigenvalue weighted by Crippen LogP contribution is -2.21. The molecular weight excluding hydrogens is 168 g/mol. The maximum atomic E-state index is 9.14. The molecule has 0 saturated carbocycles. The van der Waals surface area contributed by atoms with E-state index in [0.29, 0.717) is 13.1 Å². The molecule has 0 aliphatic rings. The Hall–Kier alpha value is -1.26. The molecule has 4 nitrogen and oxygen atoms in total. The minimum absolute atomic E-state index is 0.0737. The Morgan fingerprint density at radius 3 is 2.31 bits per heavy atom. The normalized spacial score (nSPS) is 10.2. The molecule has 4 heteroatoms. The zero-order valence-corrected chi connectivity index (χ0v) is 7.33. The molecular formula is C9H14N2O2. The number of benzene rings is 1. The van der Waals surface area contributed by atoms with Crippen LogP contribution in [0, 0.1) is 0 Å². The molecule has 0 aromatic heterocycles. The van der Waals surface area contributed by atoms with E-state index in [1.54, 1.807) is 12.1 Å². The molecule has 0 heterocycles. The molecule has 0 fully saturated rings. The number of aromatic hydroxyl groups is 2. The highest BCUT2D eigenvalue weighted by Gasteiger charge is 1.97. The first-order valence-corrected chi connectivity index (χ1v) is 4.15. The van der Waals surface area contributed by atoms with Crippen LogP contribution in [0.15, 0.2) is 18.2 Å². The van der Waals surface area contributed by atoms with E-state index in [2.05, 4.69) is 5.32 Å². The highest BCUT2D eigenvalue weighted by atomic mass is 16.3. The summed E-state index contributed by atoms with van der Waals surface area (Å²) in [6, 6.07) is 4.50. The summed E-state index contributed by atoms with van der Waals surface area (Å²) in [6.07, 6.45) is 0. The van der Waals surface area contributed by atoms with Gasteiger partial charge < -0.3 is 21.3 Å². The summed E-state index contributed by atoms with van der Waals surface area (Å²) < 4.78 is 0. The quantitative estimate of drug-likeness (QED) is 0.500. The lowest BCUT2D eigenvalue weighted by molar-refractivity contribution is 0.448. The maximum Gasteiger partial charge on any atom is 0.119 e. The number of nitrogens with two attached hydrogens (primary N) is 1. The molecule has 1 aromatic carbocycles. The van der Waals surface area contributed by atoms with E-state index in [1.165, 1.54) is 6.07 Å². The van der Waals surface area contributed by atoms with E-state index in [1.807, 2.05) is 0 Å². The molecule has 13 heavy (non-hydrogen) atoms. The topological polar surface area (TPSA) is 78.5 Å². The van der Waals surface area contributed by atoms with Crippen LogP contribution >= 0.6 is 0 Å². The first-order chi connectivity index (χ1) is 6.22. The van der Waals surface area contributed by atoms with E-state index in [9.17, 15) is 0 Å². The second kappa shape index (κ2) is 4.69. The summed E-state index contributed by atoms with van der Waals surface area (Å²) >= 11 is 0. The van der Waals surface area contributed by atoms with Crippen LogP contribution in [0.1, 0.15) is 5.56 Å². The van der Waals surface area contributed by atoms with Crippen molar-refractivity contribution in [2.45, 2.75) is 6.54 Å². The number of phenolic OH excluding ortho intramolecular Hbond substituents is 2. The molecule has 1 aromatic rings. The fourth-order valence-corrected chi connectivity index (χ4v) is 1.09. The van der Waals surface area contributed by atoms with Gasteiger partial charge in [0.2, 0.25) is 0 Å². The van der Waals surface area contributed by atoms with Gasteiger partial charge in [0.15, 0.2) is 0 Å². The summed E-state index contributed by atoms with van der Waals surface area (Å²) in [5.74, 6) is 0.147. The minimum Gasteiger partial charge on any atom is -0.508 e. The predicted octanol–water partition coefficient (Wildman–Crippen LogP) is 0.146. The molecule has 0 spiro atoms.